The fourth-order valence-electron chi connectivity index (χ4n) is 1.69. The van der Waals surface area contributed by atoms with Crippen LogP contribution in [-0.2, 0) is 11.8 Å². The van der Waals surface area contributed by atoms with Crippen molar-refractivity contribution in [2.24, 2.45) is 7.05 Å². The predicted octanol–water partition coefficient (Wildman–Crippen LogP) is 1.46. The van der Waals surface area contributed by atoms with E-state index in [9.17, 15) is 9.59 Å². The van der Waals surface area contributed by atoms with Gasteiger partial charge in [-0.05, 0) is 11.4 Å². The molecule has 0 saturated heterocycles. The minimum Gasteiger partial charge on any atom is -0.344 e. The van der Waals surface area contributed by atoms with Crippen LogP contribution in [-0.4, -0.2) is 39.7 Å². The van der Waals surface area contributed by atoms with Gasteiger partial charge in [0.25, 0.3) is 5.56 Å². The van der Waals surface area contributed by atoms with Crippen molar-refractivity contribution < 1.29 is 4.79 Å². The molecule has 2 heterocycles. The molecule has 0 aromatic carbocycles. The summed E-state index contributed by atoms with van der Waals surface area (Å²) in [5.74, 6) is 0.106. The van der Waals surface area contributed by atoms with Crippen LogP contribution in [0.25, 0.3) is 10.2 Å². The Kier molecular flexibility index (Phi) is 4.98. The van der Waals surface area contributed by atoms with Crippen molar-refractivity contribution in [3.63, 3.8) is 0 Å². The first-order valence-corrected chi connectivity index (χ1v) is 8.09. The lowest BCUT2D eigenvalue weighted by Gasteiger charge is -2.15. The monoisotopic (exact) mass is 322 g/mol. The Bertz CT molecular complexity index is 760. The van der Waals surface area contributed by atoms with Crippen LogP contribution in [0.2, 0.25) is 0 Å². The Morgan fingerprint density at radius 3 is 3.10 bits per heavy atom. The predicted molar refractivity (Wildman–Crippen MR) is 83.5 cm³/mol. The van der Waals surface area contributed by atoms with Gasteiger partial charge in [0.15, 0.2) is 5.16 Å². The Hall–Kier alpha value is -1.85. The number of thiophene rings is 1. The normalized spacial score (nSPS) is 10.5. The third-order valence-electron chi connectivity index (χ3n) is 2.97. The Balaban J connectivity index is 2.10. The molecule has 0 bridgehead atoms. The Labute approximate surface area is 130 Å². The Morgan fingerprint density at radius 1 is 1.62 bits per heavy atom. The first kappa shape index (κ1) is 15.5. The maximum Gasteiger partial charge on any atom is 0.262 e. The first-order chi connectivity index (χ1) is 10.0. The van der Waals surface area contributed by atoms with Crippen molar-refractivity contribution in [2.75, 3.05) is 19.3 Å². The minimum atomic E-state index is -0.103. The smallest absolute Gasteiger partial charge is 0.262 e. The highest BCUT2D eigenvalue weighted by atomic mass is 32.2. The molecule has 0 saturated carbocycles. The molecule has 0 aliphatic carbocycles. The summed E-state index contributed by atoms with van der Waals surface area (Å²) in [5.41, 5.74) is -0.103. The number of hydrogen-bond donors (Lipinski definition) is 0. The molecule has 6 nitrogen and oxygen atoms in total. The van der Waals surface area contributed by atoms with E-state index in [2.05, 4.69) is 4.98 Å². The van der Waals surface area contributed by atoms with Gasteiger partial charge in [-0.1, -0.05) is 11.8 Å². The third-order valence-corrected chi connectivity index (χ3v) is 4.79. The molecule has 0 unspecified atom stereocenters. The number of hydrogen-bond acceptors (Lipinski definition) is 6. The summed E-state index contributed by atoms with van der Waals surface area (Å²) in [6.45, 7) is 0.409. The first-order valence-electron chi connectivity index (χ1n) is 6.22. The summed E-state index contributed by atoms with van der Waals surface area (Å²) in [6.07, 6.45) is 0.310. The highest BCUT2D eigenvalue weighted by molar-refractivity contribution is 7.99. The number of nitriles is 1. The van der Waals surface area contributed by atoms with E-state index in [-0.39, 0.29) is 17.2 Å². The van der Waals surface area contributed by atoms with Crippen molar-refractivity contribution in [3.05, 3.63) is 21.8 Å². The van der Waals surface area contributed by atoms with Crippen LogP contribution < -0.4 is 5.56 Å². The van der Waals surface area contributed by atoms with Gasteiger partial charge < -0.3 is 4.90 Å². The second kappa shape index (κ2) is 6.74. The van der Waals surface area contributed by atoms with Gasteiger partial charge in [-0.25, -0.2) is 4.98 Å². The maximum absolute atomic E-state index is 12.1. The van der Waals surface area contributed by atoms with Crippen molar-refractivity contribution in [3.8, 4) is 6.07 Å². The number of fused-ring (bicyclic) bond motifs is 1. The van der Waals surface area contributed by atoms with E-state index in [1.807, 2.05) is 11.4 Å². The van der Waals surface area contributed by atoms with Crippen LogP contribution >= 0.6 is 23.1 Å². The van der Waals surface area contributed by atoms with Crippen LogP contribution in [0.3, 0.4) is 0 Å². The number of amides is 1. The SMILES string of the molecule is CN(CCC#N)C(=O)CSc1nc2sccc2c(=O)n1C. The molecule has 0 radical (unpaired) electrons. The molecule has 0 atom stereocenters. The fourth-order valence-corrected chi connectivity index (χ4v) is 3.41. The second-order valence-electron chi connectivity index (χ2n) is 4.41. The van der Waals surface area contributed by atoms with Crippen LogP contribution in [0.4, 0.5) is 0 Å². The van der Waals surface area contributed by atoms with Crippen molar-refractivity contribution in [1.29, 1.82) is 5.26 Å². The molecule has 0 aliphatic rings. The van der Waals surface area contributed by atoms with Gasteiger partial charge in [0.2, 0.25) is 5.91 Å². The maximum atomic E-state index is 12.1. The highest BCUT2D eigenvalue weighted by Gasteiger charge is 2.13. The average molecular weight is 322 g/mol. The van der Waals surface area contributed by atoms with E-state index in [4.69, 9.17) is 5.26 Å². The van der Waals surface area contributed by atoms with Crippen LogP contribution in [0.15, 0.2) is 21.4 Å². The average Bonchev–Trinajstić information content (AvgIpc) is 2.95. The third kappa shape index (κ3) is 3.43. The van der Waals surface area contributed by atoms with Crippen molar-refractivity contribution >= 4 is 39.2 Å². The molecule has 0 fully saturated rings. The molecular weight excluding hydrogens is 308 g/mol. The molecule has 2 rings (SSSR count). The zero-order valence-corrected chi connectivity index (χ0v) is 13.3. The molecule has 2 aromatic rings. The molecule has 2 aromatic heterocycles. The molecule has 0 aliphatic heterocycles. The summed E-state index contributed by atoms with van der Waals surface area (Å²) in [7, 11) is 3.31. The lowest BCUT2D eigenvalue weighted by Crippen LogP contribution is -2.29. The molecule has 0 N–H and O–H groups in total. The molecule has 110 valence electrons. The van der Waals surface area contributed by atoms with E-state index in [0.717, 1.165) is 0 Å². The molecule has 21 heavy (non-hydrogen) atoms. The van der Waals surface area contributed by atoms with E-state index >= 15 is 0 Å². The van der Waals surface area contributed by atoms with Crippen molar-refractivity contribution in [1.82, 2.24) is 14.5 Å². The molecule has 8 heteroatoms. The fraction of sp³-hybridized carbons (Fsp3) is 0.385. The van der Waals surface area contributed by atoms with Gasteiger partial charge in [0.1, 0.15) is 4.83 Å². The summed E-state index contributed by atoms with van der Waals surface area (Å²) < 4.78 is 1.46. The zero-order valence-electron chi connectivity index (χ0n) is 11.7. The van der Waals surface area contributed by atoms with E-state index in [1.165, 1.54) is 32.6 Å². The standard InChI is InChI=1S/C13H14N4O2S2/c1-16(6-3-5-14)10(18)8-21-13-15-11-9(4-7-20-11)12(19)17(13)2/h4,7H,3,6,8H2,1-2H3. The van der Waals surface area contributed by atoms with Crippen molar-refractivity contribution in [2.45, 2.75) is 11.6 Å². The summed E-state index contributed by atoms with van der Waals surface area (Å²) in [4.78, 5) is 30.6. The number of carbonyl (C=O) groups excluding carboxylic acids is 1. The highest BCUT2D eigenvalue weighted by Crippen LogP contribution is 2.20. The summed E-state index contributed by atoms with van der Waals surface area (Å²) in [6, 6.07) is 3.76. The van der Waals surface area contributed by atoms with Gasteiger partial charge in [-0.15, -0.1) is 11.3 Å². The van der Waals surface area contributed by atoms with Crippen LogP contribution in [0, 0.1) is 11.3 Å². The number of thioether (sulfide) groups is 1. The molecular formula is C13H14N4O2S2. The second-order valence-corrected chi connectivity index (χ2v) is 6.25. The number of aromatic nitrogens is 2. The quantitative estimate of drug-likeness (QED) is 0.615. The van der Waals surface area contributed by atoms with E-state index < -0.39 is 0 Å². The topological polar surface area (TPSA) is 79.0 Å². The van der Waals surface area contributed by atoms with Gasteiger partial charge in [-0.2, -0.15) is 5.26 Å². The van der Waals surface area contributed by atoms with E-state index in [0.29, 0.717) is 28.3 Å². The lowest BCUT2D eigenvalue weighted by molar-refractivity contribution is -0.127. The lowest BCUT2D eigenvalue weighted by atomic mass is 10.4. The van der Waals surface area contributed by atoms with Gasteiger partial charge in [-0.3, -0.25) is 14.2 Å². The number of nitrogens with zero attached hydrogens (tertiary/aromatic N) is 4. The van der Waals surface area contributed by atoms with E-state index in [1.54, 1.807) is 20.2 Å². The molecule has 1 amide bonds. The zero-order chi connectivity index (χ0) is 15.4. The van der Waals surface area contributed by atoms with Crippen LogP contribution in [0.5, 0.6) is 0 Å². The largest absolute Gasteiger partial charge is 0.344 e. The van der Waals surface area contributed by atoms with Gasteiger partial charge in [0, 0.05) is 20.6 Å². The number of rotatable bonds is 5. The summed E-state index contributed by atoms with van der Waals surface area (Å²) in [5, 5.41) is 11.5. The molecule has 0 spiro atoms. The number of carbonyl (C=O) groups is 1. The Morgan fingerprint density at radius 2 is 2.38 bits per heavy atom. The van der Waals surface area contributed by atoms with Gasteiger partial charge in [0.05, 0.1) is 23.6 Å². The van der Waals surface area contributed by atoms with Crippen LogP contribution in [0.1, 0.15) is 6.42 Å². The van der Waals surface area contributed by atoms with Gasteiger partial charge >= 0.3 is 0 Å². The minimum absolute atomic E-state index is 0.0872. The summed E-state index contributed by atoms with van der Waals surface area (Å²) >= 11 is 2.64.